The monoisotopic (exact) mass is 322 g/mol. The van der Waals surface area contributed by atoms with Crippen LogP contribution in [0.4, 0.5) is 0 Å². The minimum atomic E-state index is 0.419. The summed E-state index contributed by atoms with van der Waals surface area (Å²) in [5.74, 6) is 0.649. The molecule has 2 nitrogen and oxygen atoms in total. The Balaban J connectivity index is 2.10. The van der Waals surface area contributed by atoms with Gasteiger partial charge in [-0.15, -0.1) is 0 Å². The van der Waals surface area contributed by atoms with Gasteiger partial charge < -0.3 is 5.32 Å². The maximum Gasteiger partial charge on any atom is 0.0450 e. The molecule has 1 saturated heterocycles. The maximum atomic E-state index is 4.00. The Morgan fingerprint density at radius 1 is 1.42 bits per heavy atom. The van der Waals surface area contributed by atoms with Crippen molar-refractivity contribution in [1.82, 2.24) is 10.2 Å². The Kier molecular flexibility index (Phi) is 5.20. The first kappa shape index (κ1) is 14.8. The number of nitrogens with one attached hydrogen (secondary N) is 1. The number of piperazine rings is 1. The zero-order chi connectivity index (χ0) is 13.8. The van der Waals surface area contributed by atoms with Crippen LogP contribution in [-0.2, 0) is 0 Å². The lowest BCUT2D eigenvalue weighted by Crippen LogP contribution is -2.54. The van der Waals surface area contributed by atoms with Crippen molar-refractivity contribution in [2.24, 2.45) is 5.92 Å². The van der Waals surface area contributed by atoms with Crippen LogP contribution in [-0.4, -0.2) is 30.6 Å². The number of hydrogen-bond donors (Lipinski definition) is 1. The minimum absolute atomic E-state index is 0.419. The SMILES string of the molecule is C=C(Br)CN1CC(c2ccccc2)NCC1C(C)C. The van der Waals surface area contributed by atoms with E-state index in [0.717, 1.165) is 24.1 Å². The molecule has 1 aromatic rings. The van der Waals surface area contributed by atoms with Gasteiger partial charge in [-0.05, 0) is 11.5 Å². The van der Waals surface area contributed by atoms with Crippen molar-refractivity contribution in [2.45, 2.75) is 25.9 Å². The van der Waals surface area contributed by atoms with E-state index in [9.17, 15) is 0 Å². The van der Waals surface area contributed by atoms with Crippen LogP contribution in [0.2, 0.25) is 0 Å². The average molecular weight is 323 g/mol. The summed E-state index contributed by atoms with van der Waals surface area (Å²) in [7, 11) is 0. The third-order valence-corrected chi connectivity index (χ3v) is 4.06. The van der Waals surface area contributed by atoms with Gasteiger partial charge in [-0.25, -0.2) is 0 Å². The Bertz CT molecular complexity index is 416. The molecule has 0 bridgehead atoms. The van der Waals surface area contributed by atoms with Gasteiger partial charge in [0.05, 0.1) is 0 Å². The number of hydrogen-bond acceptors (Lipinski definition) is 2. The maximum absolute atomic E-state index is 4.00. The molecule has 2 unspecified atom stereocenters. The molecule has 1 aliphatic rings. The van der Waals surface area contributed by atoms with Gasteiger partial charge in [-0.1, -0.05) is 66.7 Å². The second kappa shape index (κ2) is 6.69. The van der Waals surface area contributed by atoms with Crippen molar-refractivity contribution < 1.29 is 0 Å². The minimum Gasteiger partial charge on any atom is -0.307 e. The van der Waals surface area contributed by atoms with E-state index in [0.29, 0.717) is 18.0 Å². The van der Waals surface area contributed by atoms with Crippen LogP contribution in [0, 0.1) is 5.92 Å². The highest BCUT2D eigenvalue weighted by Gasteiger charge is 2.30. The summed E-state index contributed by atoms with van der Waals surface area (Å²) in [6.45, 7) is 11.6. The topological polar surface area (TPSA) is 15.3 Å². The summed E-state index contributed by atoms with van der Waals surface area (Å²) in [4.78, 5) is 2.54. The zero-order valence-electron chi connectivity index (χ0n) is 11.8. The standard InChI is InChI=1S/C16H23BrN2/c1-12(2)16-9-18-15(11-19(16)10-13(3)17)14-7-5-4-6-8-14/h4-8,12,15-16,18H,3,9-11H2,1-2H3. The molecule has 0 aromatic heterocycles. The molecule has 0 aliphatic carbocycles. The van der Waals surface area contributed by atoms with Gasteiger partial charge in [0.15, 0.2) is 0 Å². The molecule has 1 N–H and O–H groups in total. The van der Waals surface area contributed by atoms with Gasteiger partial charge in [0.2, 0.25) is 0 Å². The molecule has 3 heteroatoms. The second-order valence-electron chi connectivity index (χ2n) is 5.63. The molecule has 1 aliphatic heterocycles. The Morgan fingerprint density at radius 3 is 2.68 bits per heavy atom. The highest BCUT2D eigenvalue weighted by Crippen LogP contribution is 2.24. The summed E-state index contributed by atoms with van der Waals surface area (Å²) < 4.78 is 1.06. The lowest BCUT2D eigenvalue weighted by molar-refractivity contribution is 0.111. The number of nitrogens with zero attached hydrogens (tertiary/aromatic N) is 1. The molecule has 19 heavy (non-hydrogen) atoms. The van der Waals surface area contributed by atoms with E-state index in [-0.39, 0.29) is 0 Å². The summed E-state index contributed by atoms with van der Waals surface area (Å²) in [5.41, 5.74) is 1.37. The predicted molar refractivity (Wildman–Crippen MR) is 85.5 cm³/mol. The molecule has 1 aromatic carbocycles. The fourth-order valence-corrected chi connectivity index (χ4v) is 3.12. The number of halogens is 1. The van der Waals surface area contributed by atoms with E-state index < -0.39 is 0 Å². The largest absolute Gasteiger partial charge is 0.307 e. The van der Waals surface area contributed by atoms with E-state index in [1.54, 1.807) is 0 Å². The molecule has 0 radical (unpaired) electrons. The molecular formula is C16H23BrN2. The van der Waals surface area contributed by atoms with Gasteiger partial charge in [-0.3, -0.25) is 4.90 Å². The first-order valence-electron chi connectivity index (χ1n) is 6.93. The molecule has 2 atom stereocenters. The fourth-order valence-electron chi connectivity index (χ4n) is 2.79. The van der Waals surface area contributed by atoms with Gasteiger partial charge in [0.1, 0.15) is 0 Å². The van der Waals surface area contributed by atoms with Gasteiger partial charge in [0.25, 0.3) is 0 Å². The third-order valence-electron chi connectivity index (χ3n) is 3.81. The molecule has 0 saturated carbocycles. The smallest absolute Gasteiger partial charge is 0.0450 e. The highest BCUT2D eigenvalue weighted by molar-refractivity contribution is 9.11. The summed E-state index contributed by atoms with van der Waals surface area (Å²) in [5, 5.41) is 3.68. The van der Waals surface area contributed by atoms with E-state index >= 15 is 0 Å². The summed E-state index contributed by atoms with van der Waals surface area (Å²) in [6.07, 6.45) is 0. The van der Waals surface area contributed by atoms with Crippen LogP contribution in [0.15, 0.2) is 41.4 Å². The predicted octanol–water partition coefficient (Wildman–Crippen LogP) is 3.57. The Labute approximate surface area is 125 Å². The van der Waals surface area contributed by atoms with Crippen LogP contribution in [0.1, 0.15) is 25.5 Å². The average Bonchev–Trinajstić information content (AvgIpc) is 2.38. The van der Waals surface area contributed by atoms with E-state index in [4.69, 9.17) is 0 Å². The van der Waals surface area contributed by atoms with Crippen LogP contribution in [0.25, 0.3) is 0 Å². The normalized spacial score (nSPS) is 24.6. The van der Waals surface area contributed by atoms with Gasteiger partial charge in [-0.2, -0.15) is 0 Å². The lowest BCUT2D eigenvalue weighted by atomic mass is 9.96. The van der Waals surface area contributed by atoms with Crippen molar-refractivity contribution >= 4 is 15.9 Å². The summed E-state index contributed by atoms with van der Waals surface area (Å²) >= 11 is 3.51. The zero-order valence-corrected chi connectivity index (χ0v) is 13.4. The molecule has 1 fully saturated rings. The molecule has 0 amide bonds. The fraction of sp³-hybridized carbons (Fsp3) is 0.500. The number of rotatable bonds is 4. The molecular weight excluding hydrogens is 300 g/mol. The van der Waals surface area contributed by atoms with Crippen molar-refractivity contribution in [3.63, 3.8) is 0 Å². The first-order chi connectivity index (χ1) is 9.08. The molecule has 1 heterocycles. The van der Waals surface area contributed by atoms with Crippen LogP contribution in [0.3, 0.4) is 0 Å². The van der Waals surface area contributed by atoms with Gasteiger partial charge >= 0.3 is 0 Å². The van der Waals surface area contributed by atoms with E-state index in [2.05, 4.69) is 76.9 Å². The second-order valence-corrected chi connectivity index (χ2v) is 6.75. The Morgan fingerprint density at radius 2 is 2.11 bits per heavy atom. The van der Waals surface area contributed by atoms with Crippen molar-refractivity contribution in [1.29, 1.82) is 0 Å². The van der Waals surface area contributed by atoms with Crippen LogP contribution < -0.4 is 5.32 Å². The van der Waals surface area contributed by atoms with Crippen molar-refractivity contribution in [3.05, 3.63) is 47.0 Å². The van der Waals surface area contributed by atoms with E-state index in [1.165, 1.54) is 5.56 Å². The van der Waals surface area contributed by atoms with Crippen LogP contribution in [0.5, 0.6) is 0 Å². The molecule has 2 rings (SSSR count). The molecule has 104 valence electrons. The van der Waals surface area contributed by atoms with Crippen LogP contribution >= 0.6 is 15.9 Å². The van der Waals surface area contributed by atoms with Crippen molar-refractivity contribution in [2.75, 3.05) is 19.6 Å². The molecule has 0 spiro atoms. The Hall–Kier alpha value is -0.640. The highest BCUT2D eigenvalue weighted by atomic mass is 79.9. The third kappa shape index (κ3) is 3.91. The van der Waals surface area contributed by atoms with Crippen molar-refractivity contribution in [3.8, 4) is 0 Å². The summed E-state index contributed by atoms with van der Waals surface area (Å²) in [6, 6.07) is 11.7. The van der Waals surface area contributed by atoms with E-state index in [1.807, 2.05) is 0 Å². The number of benzene rings is 1. The quantitative estimate of drug-likeness (QED) is 0.911. The lowest BCUT2D eigenvalue weighted by Gasteiger charge is -2.42. The first-order valence-corrected chi connectivity index (χ1v) is 7.73. The van der Waals surface area contributed by atoms with Gasteiger partial charge in [0, 0.05) is 36.2 Å².